The standard InChI is InChI=1S/C10H10OS/c1-3-9(11)8-5-4-7(2)6-10(8)12/h1,4-6,9,11-12H,2H3. The molecule has 1 nitrogen and oxygen atoms in total. The van der Waals surface area contributed by atoms with Gasteiger partial charge in [0.1, 0.15) is 6.10 Å². The summed E-state index contributed by atoms with van der Waals surface area (Å²) in [4.78, 5) is 0.737. The van der Waals surface area contributed by atoms with E-state index in [1.54, 1.807) is 6.07 Å². The normalized spacial score (nSPS) is 12.2. The molecular weight excluding hydrogens is 168 g/mol. The van der Waals surface area contributed by atoms with Gasteiger partial charge in [-0.3, -0.25) is 0 Å². The molecule has 12 heavy (non-hydrogen) atoms. The van der Waals surface area contributed by atoms with Gasteiger partial charge in [-0.05, 0) is 13.0 Å². The van der Waals surface area contributed by atoms with Crippen molar-refractivity contribution in [2.24, 2.45) is 0 Å². The van der Waals surface area contributed by atoms with E-state index in [0.29, 0.717) is 5.56 Å². The van der Waals surface area contributed by atoms with Gasteiger partial charge in [0.05, 0.1) is 0 Å². The summed E-state index contributed by atoms with van der Waals surface area (Å²) >= 11 is 4.21. The van der Waals surface area contributed by atoms with Gasteiger partial charge in [-0.2, -0.15) is 0 Å². The van der Waals surface area contributed by atoms with Crippen LogP contribution in [0.3, 0.4) is 0 Å². The van der Waals surface area contributed by atoms with Crippen molar-refractivity contribution in [1.82, 2.24) is 0 Å². The second-order valence-corrected chi connectivity index (χ2v) is 3.11. The van der Waals surface area contributed by atoms with Crippen molar-refractivity contribution >= 4 is 12.6 Å². The Morgan fingerprint density at radius 3 is 2.75 bits per heavy atom. The molecule has 0 saturated heterocycles. The van der Waals surface area contributed by atoms with E-state index in [-0.39, 0.29) is 0 Å². The Morgan fingerprint density at radius 1 is 1.58 bits per heavy atom. The van der Waals surface area contributed by atoms with Gasteiger partial charge >= 0.3 is 0 Å². The third-order valence-corrected chi connectivity index (χ3v) is 2.03. The lowest BCUT2D eigenvalue weighted by atomic mass is 10.1. The number of hydrogen-bond acceptors (Lipinski definition) is 2. The second kappa shape index (κ2) is 3.66. The molecular formula is C10H10OS. The van der Waals surface area contributed by atoms with Crippen LogP contribution in [0.25, 0.3) is 0 Å². The van der Waals surface area contributed by atoms with Crippen LogP contribution in [0, 0.1) is 19.3 Å². The van der Waals surface area contributed by atoms with Gasteiger partial charge in [0.15, 0.2) is 0 Å². The van der Waals surface area contributed by atoms with Crippen LogP contribution in [-0.2, 0) is 0 Å². The highest BCUT2D eigenvalue weighted by Gasteiger charge is 2.06. The monoisotopic (exact) mass is 178 g/mol. The number of aliphatic hydroxyl groups is 1. The lowest BCUT2D eigenvalue weighted by Gasteiger charge is -2.07. The summed E-state index contributed by atoms with van der Waals surface area (Å²) in [6, 6.07) is 5.57. The molecule has 1 N–H and O–H groups in total. The zero-order chi connectivity index (χ0) is 9.14. The molecule has 1 aromatic carbocycles. The highest BCUT2D eigenvalue weighted by Crippen LogP contribution is 2.21. The summed E-state index contributed by atoms with van der Waals surface area (Å²) in [5, 5.41) is 9.32. The number of thiol groups is 1. The van der Waals surface area contributed by atoms with Gasteiger partial charge in [-0.25, -0.2) is 0 Å². The van der Waals surface area contributed by atoms with Gasteiger partial charge in [0, 0.05) is 10.5 Å². The SMILES string of the molecule is C#CC(O)c1ccc(C)cc1S. The zero-order valence-corrected chi connectivity index (χ0v) is 7.68. The van der Waals surface area contributed by atoms with Crippen molar-refractivity contribution in [2.45, 2.75) is 17.9 Å². The quantitative estimate of drug-likeness (QED) is 0.497. The maximum absolute atomic E-state index is 9.32. The lowest BCUT2D eigenvalue weighted by molar-refractivity contribution is 0.235. The van der Waals surface area contributed by atoms with Gasteiger partial charge in [0.25, 0.3) is 0 Å². The number of hydrogen-bond donors (Lipinski definition) is 2. The Morgan fingerprint density at radius 2 is 2.25 bits per heavy atom. The minimum Gasteiger partial charge on any atom is -0.376 e. The van der Waals surface area contributed by atoms with Crippen LogP contribution in [-0.4, -0.2) is 5.11 Å². The largest absolute Gasteiger partial charge is 0.376 e. The summed E-state index contributed by atoms with van der Waals surface area (Å²) in [7, 11) is 0. The van der Waals surface area contributed by atoms with Crippen molar-refractivity contribution in [2.75, 3.05) is 0 Å². The molecule has 1 aromatic rings. The Kier molecular flexibility index (Phi) is 2.80. The van der Waals surface area contributed by atoms with Crippen LogP contribution in [0.15, 0.2) is 23.1 Å². The first-order valence-corrected chi connectivity index (χ1v) is 4.03. The molecule has 2 heteroatoms. The summed E-state index contributed by atoms with van der Waals surface area (Å²) < 4.78 is 0. The summed E-state index contributed by atoms with van der Waals surface area (Å²) in [6.45, 7) is 1.96. The molecule has 0 heterocycles. The van der Waals surface area contributed by atoms with Crippen LogP contribution in [0.4, 0.5) is 0 Å². The highest BCUT2D eigenvalue weighted by molar-refractivity contribution is 7.80. The molecule has 0 aliphatic rings. The van der Waals surface area contributed by atoms with Crippen molar-refractivity contribution in [3.05, 3.63) is 29.3 Å². The molecule has 0 saturated carbocycles. The Hall–Kier alpha value is -0.910. The first-order chi connectivity index (χ1) is 5.65. The highest BCUT2D eigenvalue weighted by atomic mass is 32.1. The van der Waals surface area contributed by atoms with Crippen LogP contribution in [0.2, 0.25) is 0 Å². The molecule has 1 atom stereocenters. The topological polar surface area (TPSA) is 20.2 Å². The van der Waals surface area contributed by atoms with Gasteiger partial charge in [0.2, 0.25) is 0 Å². The Bertz CT molecular complexity index is 325. The fourth-order valence-corrected chi connectivity index (χ4v) is 1.38. The third-order valence-electron chi connectivity index (χ3n) is 1.64. The number of rotatable bonds is 1. The molecule has 0 bridgehead atoms. The molecule has 0 aromatic heterocycles. The van der Waals surface area contributed by atoms with Crippen molar-refractivity contribution in [3.63, 3.8) is 0 Å². The lowest BCUT2D eigenvalue weighted by Crippen LogP contribution is -1.94. The van der Waals surface area contributed by atoms with Crippen LogP contribution in [0.1, 0.15) is 17.2 Å². The third kappa shape index (κ3) is 1.82. The molecule has 0 aliphatic carbocycles. The fraction of sp³-hybridized carbons (Fsp3) is 0.200. The summed E-state index contributed by atoms with van der Waals surface area (Å²) in [6.07, 6.45) is 4.23. The first kappa shape index (κ1) is 9.18. The summed E-state index contributed by atoms with van der Waals surface area (Å²) in [5.41, 5.74) is 1.79. The number of benzene rings is 1. The first-order valence-electron chi connectivity index (χ1n) is 3.59. The summed E-state index contributed by atoms with van der Waals surface area (Å²) in [5.74, 6) is 2.25. The predicted molar refractivity (Wildman–Crippen MR) is 52.2 cm³/mol. The minimum atomic E-state index is -0.849. The zero-order valence-electron chi connectivity index (χ0n) is 6.78. The average molecular weight is 178 g/mol. The van der Waals surface area contributed by atoms with Gasteiger partial charge in [-0.1, -0.05) is 23.6 Å². The molecule has 0 amide bonds. The second-order valence-electron chi connectivity index (χ2n) is 2.63. The number of aryl methyl sites for hydroxylation is 1. The molecule has 1 rings (SSSR count). The van der Waals surface area contributed by atoms with E-state index in [4.69, 9.17) is 6.42 Å². The van der Waals surface area contributed by atoms with Gasteiger partial charge in [-0.15, -0.1) is 19.1 Å². The Balaban J connectivity index is 3.11. The van der Waals surface area contributed by atoms with Crippen molar-refractivity contribution < 1.29 is 5.11 Å². The maximum Gasteiger partial charge on any atom is 0.141 e. The molecule has 0 spiro atoms. The smallest absolute Gasteiger partial charge is 0.141 e. The van der Waals surface area contributed by atoms with E-state index in [9.17, 15) is 5.11 Å². The minimum absolute atomic E-state index is 0.687. The molecule has 62 valence electrons. The molecule has 0 aliphatic heterocycles. The molecule has 1 unspecified atom stereocenters. The number of terminal acetylenes is 1. The fourth-order valence-electron chi connectivity index (χ4n) is 0.975. The molecule has 0 fully saturated rings. The Labute approximate surface area is 77.8 Å². The van der Waals surface area contributed by atoms with E-state index < -0.39 is 6.10 Å². The van der Waals surface area contributed by atoms with Crippen molar-refractivity contribution in [1.29, 1.82) is 0 Å². The van der Waals surface area contributed by atoms with Crippen LogP contribution in [0.5, 0.6) is 0 Å². The van der Waals surface area contributed by atoms with E-state index in [1.165, 1.54) is 0 Å². The average Bonchev–Trinajstić information content (AvgIpc) is 2.03. The van der Waals surface area contributed by atoms with Gasteiger partial charge < -0.3 is 5.11 Å². The van der Waals surface area contributed by atoms with E-state index in [1.807, 2.05) is 19.1 Å². The van der Waals surface area contributed by atoms with Crippen molar-refractivity contribution in [3.8, 4) is 12.3 Å². The maximum atomic E-state index is 9.32. The predicted octanol–water partition coefficient (Wildman–Crippen LogP) is 1.95. The molecule has 0 radical (unpaired) electrons. The van der Waals surface area contributed by atoms with E-state index in [0.717, 1.165) is 10.5 Å². The van der Waals surface area contributed by atoms with Crippen LogP contribution >= 0.6 is 12.6 Å². The van der Waals surface area contributed by atoms with E-state index >= 15 is 0 Å². The number of aliphatic hydroxyl groups excluding tert-OH is 1. The van der Waals surface area contributed by atoms with Crippen LogP contribution < -0.4 is 0 Å². The van der Waals surface area contributed by atoms with E-state index in [2.05, 4.69) is 18.5 Å².